The van der Waals surface area contributed by atoms with Crippen LogP contribution in [0.3, 0.4) is 0 Å². The number of anilines is 1. The van der Waals surface area contributed by atoms with Gasteiger partial charge in [-0.1, -0.05) is 0 Å². The number of hydrogen-bond donors (Lipinski definition) is 1. The number of carboxylic acid groups (broad SMARTS) is 1. The fourth-order valence-corrected chi connectivity index (χ4v) is 2.08. The zero-order valence-electron chi connectivity index (χ0n) is 9.47. The third-order valence-corrected chi connectivity index (χ3v) is 3.16. The summed E-state index contributed by atoms with van der Waals surface area (Å²) in [6.45, 7) is 1.90. The van der Waals surface area contributed by atoms with E-state index in [2.05, 4.69) is 10.9 Å². The summed E-state index contributed by atoms with van der Waals surface area (Å²) in [4.78, 5) is 12.9. The Labute approximate surface area is 101 Å². The van der Waals surface area contributed by atoms with E-state index in [4.69, 9.17) is 10.4 Å². The van der Waals surface area contributed by atoms with Crippen molar-refractivity contribution in [2.24, 2.45) is 0 Å². The molecule has 0 atom stereocenters. The molecule has 2 rings (SSSR count). The highest BCUT2D eigenvalue weighted by atomic mass is 16.4. The fraction of sp³-hybridized carbons (Fsp3) is 0.333. The summed E-state index contributed by atoms with van der Waals surface area (Å²) in [5.41, 5.74) is 1.34. The highest BCUT2D eigenvalue weighted by Crippen LogP contribution is 2.20. The van der Waals surface area contributed by atoms with Crippen LogP contribution in [-0.4, -0.2) is 30.9 Å². The molecule has 1 aliphatic heterocycles. The summed E-state index contributed by atoms with van der Waals surface area (Å²) < 4.78 is 0. The van der Waals surface area contributed by atoms with Crippen molar-refractivity contribution in [1.29, 1.82) is 5.26 Å². The molecule has 17 heavy (non-hydrogen) atoms. The first kappa shape index (κ1) is 11.5. The first-order valence-corrected chi connectivity index (χ1v) is 5.68. The summed E-state index contributed by atoms with van der Waals surface area (Å²) in [6, 6.07) is 6.90. The molecule has 86 valence electrons. The Morgan fingerprint density at radius 1 is 1.29 bits per heavy atom. The maximum absolute atomic E-state index is 10.7. The Bertz CT molecular complexity index is 445. The Balaban J connectivity index is 2.04. The van der Waals surface area contributed by atoms with Gasteiger partial charge >= 0.3 is 5.97 Å². The van der Waals surface area contributed by atoms with E-state index in [-0.39, 0.29) is 6.71 Å². The maximum atomic E-state index is 10.7. The van der Waals surface area contributed by atoms with Gasteiger partial charge in [0.2, 0.25) is 0 Å². The Morgan fingerprint density at radius 2 is 1.88 bits per heavy atom. The number of aromatic carboxylic acids is 1. The third kappa shape index (κ3) is 2.59. The van der Waals surface area contributed by atoms with Crippen molar-refractivity contribution in [3.63, 3.8) is 0 Å². The van der Waals surface area contributed by atoms with Gasteiger partial charge in [-0.25, -0.2) is 10.1 Å². The van der Waals surface area contributed by atoms with Gasteiger partial charge in [0.1, 0.15) is 0 Å². The zero-order valence-corrected chi connectivity index (χ0v) is 9.47. The van der Waals surface area contributed by atoms with Crippen LogP contribution in [0.25, 0.3) is 0 Å². The van der Waals surface area contributed by atoms with Gasteiger partial charge in [0, 0.05) is 24.7 Å². The van der Waals surface area contributed by atoms with Crippen molar-refractivity contribution in [3.8, 4) is 5.97 Å². The molecule has 0 bridgehead atoms. The molecular weight excluding hydrogens is 215 g/mol. The minimum absolute atomic E-state index is 0.171. The lowest BCUT2D eigenvalue weighted by molar-refractivity contribution is 0.0697. The smallest absolute Gasteiger partial charge is 0.335 e. The van der Waals surface area contributed by atoms with E-state index in [1.807, 2.05) is 12.1 Å². The first-order chi connectivity index (χ1) is 8.20. The highest BCUT2D eigenvalue weighted by Gasteiger charge is 2.22. The average molecular weight is 228 g/mol. The second kappa shape index (κ2) is 4.92. The van der Waals surface area contributed by atoms with Crippen molar-refractivity contribution in [2.75, 3.05) is 18.0 Å². The number of benzene rings is 1. The van der Waals surface area contributed by atoms with E-state index in [0.717, 1.165) is 31.4 Å². The molecule has 1 N–H and O–H groups in total. The molecule has 0 radical (unpaired) electrons. The lowest BCUT2D eigenvalue weighted by atomic mass is 9.45. The molecule has 4 nitrogen and oxygen atoms in total. The minimum atomic E-state index is -0.903. The molecule has 0 amide bonds. The number of carboxylic acids is 1. The van der Waals surface area contributed by atoms with Gasteiger partial charge in [0.25, 0.3) is 6.71 Å². The van der Waals surface area contributed by atoms with Crippen LogP contribution in [0.15, 0.2) is 24.3 Å². The standard InChI is InChI=1S/C12H13BN2O2/c14-9-13-5-7-15(8-6-13)11-3-1-10(2-4-11)12(16)17/h1-4H,5-8H2,(H,16,17). The van der Waals surface area contributed by atoms with E-state index < -0.39 is 5.97 Å². The van der Waals surface area contributed by atoms with E-state index >= 15 is 0 Å². The predicted octanol–water partition coefficient (Wildman–Crippen LogP) is 1.76. The maximum Gasteiger partial charge on any atom is 0.335 e. The predicted molar refractivity (Wildman–Crippen MR) is 66.6 cm³/mol. The molecule has 0 unspecified atom stereocenters. The Hall–Kier alpha value is -1.96. The van der Waals surface area contributed by atoms with Crippen LogP contribution < -0.4 is 4.90 Å². The zero-order chi connectivity index (χ0) is 12.3. The quantitative estimate of drug-likeness (QED) is 0.783. The van der Waals surface area contributed by atoms with Gasteiger partial charge in [-0.05, 0) is 36.9 Å². The second-order valence-electron chi connectivity index (χ2n) is 4.24. The van der Waals surface area contributed by atoms with Crippen LogP contribution in [0.2, 0.25) is 12.6 Å². The minimum Gasteiger partial charge on any atom is -0.478 e. The summed E-state index contributed by atoms with van der Waals surface area (Å²) in [7, 11) is 0. The second-order valence-corrected chi connectivity index (χ2v) is 4.24. The first-order valence-electron chi connectivity index (χ1n) is 5.68. The van der Waals surface area contributed by atoms with E-state index in [0.29, 0.717) is 5.56 Å². The number of carbonyl (C=O) groups is 1. The lowest BCUT2D eigenvalue weighted by Crippen LogP contribution is -2.36. The molecule has 5 heteroatoms. The highest BCUT2D eigenvalue weighted by molar-refractivity contribution is 6.67. The van der Waals surface area contributed by atoms with Gasteiger partial charge in [-0.15, -0.1) is 0 Å². The molecule has 0 aliphatic carbocycles. The van der Waals surface area contributed by atoms with E-state index in [1.165, 1.54) is 0 Å². The summed E-state index contributed by atoms with van der Waals surface area (Å²) in [5, 5.41) is 17.6. The van der Waals surface area contributed by atoms with Gasteiger partial charge in [0.05, 0.1) is 5.56 Å². The van der Waals surface area contributed by atoms with Crippen molar-refractivity contribution in [3.05, 3.63) is 29.8 Å². The van der Waals surface area contributed by atoms with Crippen LogP contribution in [-0.2, 0) is 0 Å². The van der Waals surface area contributed by atoms with E-state index in [1.54, 1.807) is 12.1 Å². The summed E-state index contributed by atoms with van der Waals surface area (Å²) >= 11 is 0. The van der Waals surface area contributed by atoms with Crippen molar-refractivity contribution in [1.82, 2.24) is 0 Å². The molecule has 0 saturated carbocycles. The van der Waals surface area contributed by atoms with Crippen LogP contribution in [0.1, 0.15) is 10.4 Å². The van der Waals surface area contributed by atoms with Crippen LogP contribution in [0.4, 0.5) is 5.69 Å². The van der Waals surface area contributed by atoms with Gasteiger partial charge < -0.3 is 10.0 Å². The molecule has 1 saturated heterocycles. The van der Waals surface area contributed by atoms with Gasteiger partial charge in [-0.3, -0.25) is 0 Å². The Morgan fingerprint density at radius 3 is 2.35 bits per heavy atom. The molecule has 1 heterocycles. The van der Waals surface area contributed by atoms with E-state index in [9.17, 15) is 4.79 Å². The van der Waals surface area contributed by atoms with Crippen LogP contribution >= 0.6 is 0 Å². The number of hydrogen-bond acceptors (Lipinski definition) is 3. The monoisotopic (exact) mass is 228 g/mol. The van der Waals surface area contributed by atoms with Gasteiger partial charge in [-0.2, -0.15) is 0 Å². The van der Waals surface area contributed by atoms with Gasteiger partial charge in [0.15, 0.2) is 0 Å². The molecule has 1 fully saturated rings. The molecule has 1 aromatic carbocycles. The number of rotatable bonds is 2. The fourth-order valence-electron chi connectivity index (χ4n) is 2.08. The average Bonchev–Trinajstić information content (AvgIpc) is 2.39. The molecule has 0 aromatic heterocycles. The van der Waals surface area contributed by atoms with Crippen molar-refractivity contribution in [2.45, 2.75) is 12.6 Å². The van der Waals surface area contributed by atoms with Crippen LogP contribution in [0.5, 0.6) is 0 Å². The molecular formula is C12H13BN2O2. The number of nitriles is 1. The SMILES string of the molecule is N#CB1CCN(c2ccc(C(=O)O)cc2)CC1. The Kier molecular flexibility index (Phi) is 3.33. The molecule has 1 aliphatic rings. The normalized spacial score (nSPS) is 15.5. The largest absolute Gasteiger partial charge is 0.478 e. The topological polar surface area (TPSA) is 64.3 Å². The third-order valence-electron chi connectivity index (χ3n) is 3.16. The van der Waals surface area contributed by atoms with Crippen molar-refractivity contribution >= 4 is 18.4 Å². The van der Waals surface area contributed by atoms with Crippen LogP contribution in [0, 0.1) is 11.2 Å². The summed E-state index contributed by atoms with van der Waals surface area (Å²) in [5.74, 6) is 1.39. The van der Waals surface area contributed by atoms with Crippen molar-refractivity contribution < 1.29 is 9.90 Å². The lowest BCUT2D eigenvalue weighted by Gasteiger charge is -2.30. The summed E-state index contributed by atoms with van der Waals surface area (Å²) in [6.07, 6.45) is 1.77. The molecule has 0 spiro atoms. The molecule has 1 aromatic rings. The number of nitrogens with zero attached hydrogens (tertiary/aromatic N) is 2.